The summed E-state index contributed by atoms with van der Waals surface area (Å²) >= 11 is 0. The number of rotatable bonds is 8. The summed E-state index contributed by atoms with van der Waals surface area (Å²) in [5, 5.41) is 11.9. The second-order valence-electron chi connectivity index (χ2n) is 8.37. The SMILES string of the molecule is Cc1ccc(F)cc1CC(CCC(=O)O)NC(=O)OCC1c2ccccc2-c2ccccc21. The van der Waals surface area contributed by atoms with Gasteiger partial charge in [0.1, 0.15) is 12.4 Å². The molecule has 170 valence electrons. The second-order valence-corrected chi connectivity index (χ2v) is 8.37. The van der Waals surface area contributed by atoms with Crippen LogP contribution in [0.3, 0.4) is 0 Å². The lowest BCUT2D eigenvalue weighted by Gasteiger charge is -2.20. The Bertz CT molecular complexity index is 1130. The van der Waals surface area contributed by atoms with Crippen LogP contribution in [0, 0.1) is 12.7 Å². The van der Waals surface area contributed by atoms with E-state index < -0.39 is 18.1 Å². The van der Waals surface area contributed by atoms with Gasteiger partial charge in [0.25, 0.3) is 0 Å². The summed E-state index contributed by atoms with van der Waals surface area (Å²) in [5.74, 6) is -1.38. The Morgan fingerprint density at radius 2 is 1.67 bits per heavy atom. The van der Waals surface area contributed by atoms with E-state index in [1.54, 1.807) is 6.07 Å². The van der Waals surface area contributed by atoms with Gasteiger partial charge in [-0.3, -0.25) is 4.79 Å². The lowest BCUT2D eigenvalue weighted by Crippen LogP contribution is -2.38. The molecule has 6 heteroatoms. The normalized spacial score (nSPS) is 13.2. The monoisotopic (exact) mass is 447 g/mol. The molecule has 1 atom stereocenters. The predicted molar refractivity (Wildman–Crippen MR) is 124 cm³/mol. The number of carboxylic acids is 1. The van der Waals surface area contributed by atoms with E-state index in [1.165, 1.54) is 12.1 Å². The zero-order chi connectivity index (χ0) is 23.4. The molecular formula is C27H26FNO4. The van der Waals surface area contributed by atoms with Crippen LogP contribution in [0.5, 0.6) is 0 Å². The van der Waals surface area contributed by atoms with E-state index in [0.29, 0.717) is 6.42 Å². The Balaban J connectivity index is 1.44. The maximum absolute atomic E-state index is 13.7. The Morgan fingerprint density at radius 1 is 1.03 bits per heavy atom. The predicted octanol–water partition coefficient (Wildman–Crippen LogP) is 5.45. The van der Waals surface area contributed by atoms with Gasteiger partial charge in [0.2, 0.25) is 0 Å². The quantitative estimate of drug-likeness (QED) is 0.482. The lowest BCUT2D eigenvalue weighted by atomic mass is 9.98. The number of aliphatic carboxylic acids is 1. The minimum absolute atomic E-state index is 0.0638. The van der Waals surface area contributed by atoms with Crippen LogP contribution in [0.1, 0.15) is 41.0 Å². The molecule has 0 spiro atoms. The highest BCUT2D eigenvalue weighted by Crippen LogP contribution is 2.44. The average Bonchev–Trinajstić information content (AvgIpc) is 3.12. The summed E-state index contributed by atoms with van der Waals surface area (Å²) < 4.78 is 19.3. The molecule has 0 saturated heterocycles. The first-order valence-electron chi connectivity index (χ1n) is 11.0. The van der Waals surface area contributed by atoms with E-state index in [2.05, 4.69) is 17.4 Å². The first-order chi connectivity index (χ1) is 15.9. The number of carboxylic acid groups (broad SMARTS) is 1. The number of halogens is 1. The van der Waals surface area contributed by atoms with Crippen molar-refractivity contribution in [1.29, 1.82) is 0 Å². The molecule has 0 radical (unpaired) electrons. The number of carbonyl (C=O) groups excluding carboxylic acids is 1. The topological polar surface area (TPSA) is 75.6 Å². The standard InChI is InChI=1S/C27H26FNO4/c1-17-10-11-19(28)14-18(17)15-20(12-13-26(30)31)29-27(32)33-16-25-23-8-4-2-6-21(23)22-7-3-5-9-24(22)25/h2-11,14,20,25H,12-13,15-16H2,1H3,(H,29,32)(H,30,31). The molecule has 0 bridgehead atoms. The molecule has 1 unspecified atom stereocenters. The van der Waals surface area contributed by atoms with E-state index >= 15 is 0 Å². The minimum Gasteiger partial charge on any atom is -0.481 e. The maximum Gasteiger partial charge on any atom is 0.407 e. The second kappa shape index (κ2) is 9.86. The number of aryl methyl sites for hydroxylation is 1. The summed E-state index contributed by atoms with van der Waals surface area (Å²) in [7, 11) is 0. The van der Waals surface area contributed by atoms with Gasteiger partial charge in [-0.2, -0.15) is 0 Å². The number of hydrogen-bond donors (Lipinski definition) is 2. The van der Waals surface area contributed by atoms with Crippen molar-refractivity contribution >= 4 is 12.1 Å². The molecule has 3 aromatic carbocycles. The van der Waals surface area contributed by atoms with Gasteiger partial charge in [-0.1, -0.05) is 54.6 Å². The van der Waals surface area contributed by atoms with Crippen molar-refractivity contribution < 1.29 is 23.8 Å². The zero-order valence-corrected chi connectivity index (χ0v) is 18.4. The number of nitrogens with one attached hydrogen (secondary N) is 1. The van der Waals surface area contributed by atoms with Gasteiger partial charge in [0.05, 0.1) is 0 Å². The Hall–Kier alpha value is -3.67. The van der Waals surface area contributed by atoms with Crippen molar-refractivity contribution in [2.24, 2.45) is 0 Å². The van der Waals surface area contributed by atoms with Crippen LogP contribution < -0.4 is 5.32 Å². The van der Waals surface area contributed by atoms with Crippen LogP contribution in [-0.2, 0) is 16.0 Å². The third-order valence-electron chi connectivity index (χ3n) is 6.15. The van der Waals surface area contributed by atoms with Crippen LogP contribution in [0.2, 0.25) is 0 Å². The van der Waals surface area contributed by atoms with E-state index in [1.807, 2.05) is 43.3 Å². The largest absolute Gasteiger partial charge is 0.481 e. The molecule has 0 heterocycles. The van der Waals surface area contributed by atoms with Crippen molar-refractivity contribution in [1.82, 2.24) is 5.32 Å². The fourth-order valence-corrected chi connectivity index (χ4v) is 4.46. The van der Waals surface area contributed by atoms with Gasteiger partial charge in [0.15, 0.2) is 0 Å². The van der Waals surface area contributed by atoms with E-state index in [4.69, 9.17) is 9.84 Å². The molecule has 0 fully saturated rings. The maximum atomic E-state index is 13.7. The van der Waals surface area contributed by atoms with Crippen LogP contribution in [0.25, 0.3) is 11.1 Å². The summed E-state index contributed by atoms with van der Waals surface area (Å²) in [6.45, 7) is 2.03. The highest BCUT2D eigenvalue weighted by molar-refractivity contribution is 5.79. The van der Waals surface area contributed by atoms with Crippen molar-refractivity contribution in [3.63, 3.8) is 0 Å². The van der Waals surface area contributed by atoms with E-state index in [0.717, 1.165) is 33.4 Å². The van der Waals surface area contributed by atoms with Gasteiger partial charge in [-0.25, -0.2) is 9.18 Å². The number of ether oxygens (including phenoxy) is 1. The molecule has 1 aliphatic rings. The fraction of sp³-hybridized carbons (Fsp3) is 0.259. The molecule has 5 nitrogen and oxygen atoms in total. The Kier molecular flexibility index (Phi) is 6.73. The highest BCUT2D eigenvalue weighted by atomic mass is 19.1. The van der Waals surface area contributed by atoms with E-state index in [9.17, 15) is 14.0 Å². The molecular weight excluding hydrogens is 421 g/mol. The van der Waals surface area contributed by atoms with E-state index in [-0.39, 0.29) is 31.2 Å². The fourth-order valence-electron chi connectivity index (χ4n) is 4.46. The minimum atomic E-state index is -0.953. The summed E-state index contributed by atoms with van der Waals surface area (Å²) in [6.07, 6.45) is -0.180. The van der Waals surface area contributed by atoms with Gasteiger partial charge in [-0.05, 0) is 65.3 Å². The smallest absolute Gasteiger partial charge is 0.407 e. The zero-order valence-electron chi connectivity index (χ0n) is 18.4. The molecule has 3 aromatic rings. The van der Waals surface area contributed by atoms with Crippen LogP contribution in [-0.4, -0.2) is 29.8 Å². The van der Waals surface area contributed by atoms with Crippen molar-refractivity contribution in [2.75, 3.05) is 6.61 Å². The molecule has 4 rings (SSSR count). The number of carbonyl (C=O) groups is 2. The van der Waals surface area contributed by atoms with Crippen molar-refractivity contribution in [2.45, 2.75) is 38.1 Å². The third kappa shape index (κ3) is 5.22. The third-order valence-corrected chi connectivity index (χ3v) is 6.15. The summed E-state index contributed by atoms with van der Waals surface area (Å²) in [4.78, 5) is 23.8. The Morgan fingerprint density at radius 3 is 2.30 bits per heavy atom. The van der Waals surface area contributed by atoms with Crippen LogP contribution >= 0.6 is 0 Å². The molecule has 1 aliphatic carbocycles. The summed E-state index contributed by atoms with van der Waals surface area (Å²) in [5.41, 5.74) is 6.12. The molecule has 0 aliphatic heterocycles. The first-order valence-corrected chi connectivity index (χ1v) is 11.0. The van der Waals surface area contributed by atoms with Crippen LogP contribution in [0.4, 0.5) is 9.18 Å². The Labute approximate surface area is 192 Å². The number of fused-ring (bicyclic) bond motifs is 3. The summed E-state index contributed by atoms with van der Waals surface area (Å²) in [6, 6.07) is 20.1. The van der Waals surface area contributed by atoms with Gasteiger partial charge in [-0.15, -0.1) is 0 Å². The molecule has 0 saturated carbocycles. The van der Waals surface area contributed by atoms with Crippen LogP contribution in [0.15, 0.2) is 66.7 Å². The number of alkyl carbamates (subject to hydrolysis) is 1. The highest BCUT2D eigenvalue weighted by Gasteiger charge is 2.29. The first kappa shape index (κ1) is 22.5. The molecule has 2 N–H and O–H groups in total. The van der Waals surface area contributed by atoms with Crippen molar-refractivity contribution in [3.05, 3.63) is 94.8 Å². The van der Waals surface area contributed by atoms with Gasteiger partial charge < -0.3 is 15.2 Å². The molecule has 1 amide bonds. The molecule has 33 heavy (non-hydrogen) atoms. The number of amides is 1. The average molecular weight is 448 g/mol. The number of hydrogen-bond acceptors (Lipinski definition) is 3. The van der Waals surface area contributed by atoms with Gasteiger partial charge >= 0.3 is 12.1 Å². The van der Waals surface area contributed by atoms with Gasteiger partial charge in [0, 0.05) is 18.4 Å². The lowest BCUT2D eigenvalue weighted by molar-refractivity contribution is -0.137. The van der Waals surface area contributed by atoms with Crippen molar-refractivity contribution in [3.8, 4) is 11.1 Å². The molecule has 0 aromatic heterocycles. The number of benzene rings is 3.